The largest absolute Gasteiger partial charge is 0.453 e. The lowest BCUT2D eigenvalue weighted by Gasteiger charge is -2.31. The van der Waals surface area contributed by atoms with Crippen LogP contribution >= 0.6 is 0 Å². The van der Waals surface area contributed by atoms with Crippen molar-refractivity contribution in [1.82, 2.24) is 60.4 Å². The Morgan fingerprint density at radius 1 is 0.809 bits per heavy atom. The summed E-state index contributed by atoms with van der Waals surface area (Å²) in [5, 5.41) is 33.1. The smallest absolute Gasteiger partial charge is 0.407 e. The highest BCUT2D eigenvalue weighted by molar-refractivity contribution is 6.88. The fourth-order valence-electron chi connectivity index (χ4n) is 9.27. The third-order valence-electron chi connectivity index (χ3n) is 13.2. The minimum absolute atomic E-state index is 0.0987. The summed E-state index contributed by atoms with van der Waals surface area (Å²) in [5.41, 5.74) is 6.74. The van der Waals surface area contributed by atoms with Gasteiger partial charge in [0.25, 0.3) is 0 Å². The Balaban J connectivity index is 0.954. The normalized spacial score (nSPS) is 20.4. The zero-order chi connectivity index (χ0) is 48.4. The lowest BCUT2D eigenvalue weighted by molar-refractivity contribution is -0.139. The van der Waals surface area contributed by atoms with Crippen LogP contribution in [-0.4, -0.2) is 137 Å². The number of aliphatic imine (C=N–C) groups is 1. The van der Waals surface area contributed by atoms with Crippen LogP contribution in [0.3, 0.4) is 0 Å². The van der Waals surface area contributed by atoms with E-state index in [1.165, 1.54) is 7.11 Å². The number of H-pyrrole nitrogens is 1. The average molecular weight is 944 g/mol. The van der Waals surface area contributed by atoms with Crippen molar-refractivity contribution in [2.45, 2.75) is 103 Å². The highest BCUT2D eigenvalue weighted by Crippen LogP contribution is 2.39. The third kappa shape index (κ3) is 10.1. The van der Waals surface area contributed by atoms with Crippen LogP contribution in [-0.2, 0) is 19.1 Å². The molecule has 5 aromatic rings. The van der Waals surface area contributed by atoms with E-state index in [2.05, 4.69) is 92.3 Å². The van der Waals surface area contributed by atoms with Crippen molar-refractivity contribution in [2.24, 2.45) is 16.8 Å². The van der Waals surface area contributed by atoms with Crippen LogP contribution in [0, 0.1) is 11.8 Å². The van der Waals surface area contributed by atoms with Crippen molar-refractivity contribution in [3.63, 3.8) is 0 Å². The number of carbonyl (C=O) groups is 4. The van der Waals surface area contributed by atoms with E-state index in [4.69, 9.17) is 14.7 Å². The van der Waals surface area contributed by atoms with Crippen LogP contribution in [0.5, 0.6) is 0 Å². The molecular formula is C48H61N13O6Si. The quantitative estimate of drug-likeness (QED) is 0.107. The molecule has 8 rings (SSSR count). The van der Waals surface area contributed by atoms with E-state index < -0.39 is 44.8 Å². The van der Waals surface area contributed by atoms with Crippen LogP contribution in [0.2, 0.25) is 19.6 Å². The molecule has 3 aliphatic rings. The van der Waals surface area contributed by atoms with Gasteiger partial charge in [-0.05, 0) is 52.5 Å². The van der Waals surface area contributed by atoms with Crippen LogP contribution in [0.15, 0.2) is 84.5 Å². The minimum atomic E-state index is -1.73. The van der Waals surface area contributed by atoms with Gasteiger partial charge in [0.15, 0.2) is 0 Å². The zero-order valence-corrected chi connectivity index (χ0v) is 40.8. The van der Waals surface area contributed by atoms with Gasteiger partial charge in [0.05, 0.1) is 54.7 Å². The number of amides is 4. The molecule has 0 spiro atoms. The van der Waals surface area contributed by atoms with Gasteiger partial charge in [-0.25, -0.2) is 19.1 Å². The first-order valence-electron chi connectivity index (χ1n) is 23.2. The lowest BCUT2D eigenvalue weighted by atomic mass is 9.95. The Morgan fingerprint density at radius 2 is 1.40 bits per heavy atom. The molecule has 0 saturated carbocycles. The topological polar surface area (TPSA) is 231 Å². The molecular weight excluding hydrogens is 883 g/mol. The molecule has 0 unspecified atom stereocenters. The number of aliphatic hydroxyl groups is 1. The van der Waals surface area contributed by atoms with Crippen molar-refractivity contribution < 1.29 is 29.0 Å². The predicted octanol–water partition coefficient (Wildman–Crippen LogP) is 4.53. The fraction of sp³-hybridized carbons (Fsp3) is 0.458. The number of allylic oxidation sites excluding steroid dienone is 1. The number of nitrogens with one attached hydrogen (secondary N) is 3. The second-order valence-electron chi connectivity index (χ2n) is 19.6. The number of hydrogen-bond acceptors (Lipinski definition) is 12. The number of hydrogen-bond donors (Lipinski definition) is 4. The average Bonchev–Trinajstić information content (AvgIpc) is 4.18. The van der Waals surface area contributed by atoms with Crippen LogP contribution in [0.25, 0.3) is 28.0 Å². The molecule has 6 heterocycles. The number of methoxy groups -OCH3 is 1. The maximum Gasteiger partial charge on any atom is 0.407 e. The monoisotopic (exact) mass is 943 g/mol. The molecule has 2 aromatic carbocycles. The lowest BCUT2D eigenvalue weighted by Crippen LogP contribution is -2.53. The van der Waals surface area contributed by atoms with Crippen LogP contribution in [0.4, 0.5) is 4.79 Å². The van der Waals surface area contributed by atoms with E-state index in [0.717, 1.165) is 44.5 Å². The third-order valence-corrected chi connectivity index (χ3v) is 15.0. The second-order valence-corrected chi connectivity index (χ2v) is 24.6. The van der Waals surface area contributed by atoms with Crippen molar-refractivity contribution >= 4 is 48.5 Å². The number of rotatable bonds is 15. The maximum atomic E-state index is 14.2. The second kappa shape index (κ2) is 19.8. The Bertz CT molecular complexity index is 2670. The zero-order valence-electron chi connectivity index (χ0n) is 39.8. The number of aliphatic hydroxyl groups excluding tert-OH is 1. The molecule has 0 radical (unpaired) electrons. The number of aromatic amines is 1. The van der Waals surface area contributed by atoms with E-state index >= 15 is 0 Å². The summed E-state index contributed by atoms with van der Waals surface area (Å²) in [4.78, 5) is 69.6. The van der Waals surface area contributed by atoms with Gasteiger partial charge >= 0.3 is 6.09 Å². The molecule has 20 heteroatoms. The van der Waals surface area contributed by atoms with Gasteiger partial charge in [0.2, 0.25) is 17.7 Å². The van der Waals surface area contributed by atoms with E-state index in [1.807, 2.05) is 61.8 Å². The van der Waals surface area contributed by atoms with Gasteiger partial charge in [0, 0.05) is 43.8 Å². The van der Waals surface area contributed by atoms with Gasteiger partial charge in [-0.2, -0.15) is 0 Å². The number of alkyl carbamates (subject to hydrolysis) is 1. The van der Waals surface area contributed by atoms with Crippen molar-refractivity contribution in [1.29, 1.82) is 0 Å². The molecule has 0 aliphatic carbocycles. The molecule has 19 nitrogen and oxygen atoms in total. The summed E-state index contributed by atoms with van der Waals surface area (Å²) in [6, 6.07) is 14.0. The molecule has 2 fully saturated rings. The van der Waals surface area contributed by atoms with E-state index in [0.29, 0.717) is 38.2 Å². The minimum Gasteiger partial charge on any atom is -0.453 e. The standard InChI is InChI=1S/C48H61N13O6Si/c1-28(2)43(53-41(63)27-62)46(64)59-25-36(61-26-42(55-57-61)68(6,7)8)21-40(59)45-50-23-38(52-45)33-15-13-31(14-16-33)30-9-11-32(12-10-30)34-19-37(49-22-34)39-20-35(60-18-17-51-56-60)24-58(39)47(65)44(29(3)4)54-48(66)67-5/h9-18,22-23,26,28-29,35-36,39-40,43-44,62H,19-21,24-25,27H2,1-8H3,(H,50,52)(H,53,63)(H,54,66)/t35-,36-,39+,40+,43+,44+/m1/s1. The Morgan fingerprint density at radius 3 is 1.97 bits per heavy atom. The fourth-order valence-corrected chi connectivity index (χ4v) is 10.1. The van der Waals surface area contributed by atoms with Crippen molar-refractivity contribution in [2.75, 3.05) is 26.8 Å². The molecule has 4 N–H and O–H groups in total. The SMILES string of the molecule is COC(=O)N[C@H](C(=O)N1C[C@H](n2ccnn2)C[C@H]1C1=NC=C(c2ccc(-c3ccc(-c4cnc([C@@H]5C[C@@H](n6cc([Si](C)(C)C)nn6)CN5C(=O)[C@@H](NC(=O)CO)C(C)C)[nH]4)cc3)cc2)C1)C(C)C. The van der Waals surface area contributed by atoms with E-state index in [-0.39, 0.29) is 41.8 Å². The number of carbonyl (C=O) groups excluding carboxylic acids is 4. The molecule has 358 valence electrons. The van der Waals surface area contributed by atoms with Gasteiger partial charge in [-0.3, -0.25) is 19.4 Å². The summed E-state index contributed by atoms with van der Waals surface area (Å²) >= 11 is 0. The highest BCUT2D eigenvalue weighted by Gasteiger charge is 2.44. The first-order valence-corrected chi connectivity index (χ1v) is 26.7. The predicted molar refractivity (Wildman–Crippen MR) is 258 cm³/mol. The molecule has 68 heavy (non-hydrogen) atoms. The Hall–Kier alpha value is -6.80. The molecule has 3 aliphatic heterocycles. The van der Waals surface area contributed by atoms with Gasteiger partial charge in [0.1, 0.15) is 32.6 Å². The summed E-state index contributed by atoms with van der Waals surface area (Å²) in [6.45, 7) is 14.2. The van der Waals surface area contributed by atoms with Crippen LogP contribution in [0.1, 0.15) is 76.5 Å². The molecule has 4 amide bonds. The first-order chi connectivity index (χ1) is 32.5. The molecule has 3 aromatic heterocycles. The highest BCUT2D eigenvalue weighted by atomic mass is 28.3. The number of nitrogens with zero attached hydrogens (tertiary/aromatic N) is 10. The summed E-state index contributed by atoms with van der Waals surface area (Å²) in [5.74, 6) is -0.813. The van der Waals surface area contributed by atoms with Crippen molar-refractivity contribution in [3.8, 4) is 22.4 Å². The van der Waals surface area contributed by atoms with Crippen molar-refractivity contribution in [3.05, 3.63) is 90.9 Å². The number of aromatic nitrogens is 8. The summed E-state index contributed by atoms with van der Waals surface area (Å²) in [6.07, 6.45) is 10.2. The number of likely N-dealkylation sites (tertiary alicyclic amines) is 2. The molecule has 2 saturated heterocycles. The van der Waals surface area contributed by atoms with Crippen LogP contribution < -0.4 is 16.0 Å². The maximum absolute atomic E-state index is 14.2. The number of imidazole rings is 1. The number of ether oxygens (including phenoxy) is 1. The van der Waals surface area contributed by atoms with Gasteiger partial charge < -0.3 is 35.3 Å². The Kier molecular flexibility index (Phi) is 13.9. The first kappa shape index (κ1) is 47.7. The number of benzene rings is 2. The van der Waals surface area contributed by atoms with Gasteiger partial charge in [-0.1, -0.05) is 106 Å². The summed E-state index contributed by atoms with van der Waals surface area (Å²) in [7, 11) is -0.450. The molecule has 6 atom stereocenters. The van der Waals surface area contributed by atoms with E-state index in [9.17, 15) is 24.3 Å². The molecule has 0 bridgehead atoms. The van der Waals surface area contributed by atoms with Gasteiger partial charge in [-0.15, -0.1) is 10.2 Å². The summed E-state index contributed by atoms with van der Waals surface area (Å²) < 4.78 is 8.47. The Labute approximate surface area is 396 Å². The van der Waals surface area contributed by atoms with E-state index in [1.54, 1.807) is 28.2 Å².